The number of likely N-dealkylation sites (N-methyl/N-ethyl adjacent to an activating group) is 1. The van der Waals surface area contributed by atoms with E-state index in [1.165, 1.54) is 10.5 Å². The predicted octanol–water partition coefficient (Wildman–Crippen LogP) is 2.92. The van der Waals surface area contributed by atoms with Crippen LogP contribution in [0.3, 0.4) is 0 Å². The number of carbonyl (C=O) groups excluding carboxylic acids is 2. The lowest BCUT2D eigenvalue weighted by atomic mass is 10.0. The number of benzene rings is 2. The molecule has 0 unspecified atom stereocenters. The summed E-state index contributed by atoms with van der Waals surface area (Å²) in [6.45, 7) is 2.04. The first kappa shape index (κ1) is 19.4. The summed E-state index contributed by atoms with van der Waals surface area (Å²) in [7, 11) is 3.31. The van der Waals surface area contributed by atoms with E-state index < -0.39 is 0 Å². The highest BCUT2D eigenvalue weighted by molar-refractivity contribution is 6.01. The average molecular weight is 376 g/mol. The van der Waals surface area contributed by atoms with Crippen LogP contribution in [0, 0.1) is 0 Å². The maximum Gasteiger partial charge on any atom is 0.255 e. The normalized spacial score (nSPS) is 10.5. The van der Waals surface area contributed by atoms with Crippen LogP contribution in [0.15, 0.2) is 60.8 Å². The van der Waals surface area contributed by atoms with Crippen molar-refractivity contribution in [1.82, 2.24) is 20.0 Å². The van der Waals surface area contributed by atoms with Crippen LogP contribution >= 0.6 is 0 Å². The second-order valence-corrected chi connectivity index (χ2v) is 6.69. The molecule has 0 aliphatic carbocycles. The molecule has 144 valence electrons. The van der Waals surface area contributed by atoms with Crippen molar-refractivity contribution in [3.63, 3.8) is 0 Å². The molecule has 1 aromatic heterocycles. The summed E-state index contributed by atoms with van der Waals surface area (Å²) >= 11 is 0. The van der Waals surface area contributed by atoms with Crippen LogP contribution in [-0.2, 0) is 11.2 Å². The van der Waals surface area contributed by atoms with E-state index in [1.54, 1.807) is 25.0 Å². The average Bonchev–Trinajstić information content (AvgIpc) is 3.18. The Morgan fingerprint density at radius 1 is 1.04 bits per heavy atom. The van der Waals surface area contributed by atoms with Gasteiger partial charge in [0.05, 0.1) is 17.8 Å². The molecule has 0 spiro atoms. The number of aryl methyl sites for hydroxylation is 1. The van der Waals surface area contributed by atoms with Gasteiger partial charge in [-0.15, -0.1) is 0 Å². The fraction of sp³-hybridized carbons (Fsp3) is 0.227. The zero-order chi connectivity index (χ0) is 20.1. The van der Waals surface area contributed by atoms with Crippen LogP contribution in [0.2, 0.25) is 0 Å². The van der Waals surface area contributed by atoms with Crippen LogP contribution in [0.25, 0.3) is 16.9 Å². The van der Waals surface area contributed by atoms with Gasteiger partial charge in [0, 0.05) is 25.9 Å². The molecule has 0 atom stereocenters. The third-order valence-corrected chi connectivity index (χ3v) is 4.51. The molecule has 0 fully saturated rings. The fourth-order valence-electron chi connectivity index (χ4n) is 2.77. The molecular formula is C22H24N4O2. The number of nitrogens with one attached hydrogen (secondary N) is 1. The van der Waals surface area contributed by atoms with Crippen molar-refractivity contribution in [1.29, 1.82) is 0 Å². The second kappa shape index (κ2) is 8.52. The lowest BCUT2D eigenvalue weighted by Crippen LogP contribution is -2.36. The number of carbonyl (C=O) groups is 2. The number of aromatic nitrogens is 2. The Bertz CT molecular complexity index is 960. The van der Waals surface area contributed by atoms with E-state index in [1.807, 2.05) is 54.6 Å². The van der Waals surface area contributed by atoms with Crippen molar-refractivity contribution in [2.75, 3.05) is 20.6 Å². The van der Waals surface area contributed by atoms with Crippen molar-refractivity contribution in [2.45, 2.75) is 13.3 Å². The van der Waals surface area contributed by atoms with Gasteiger partial charge in [-0.05, 0) is 24.1 Å². The first-order valence-electron chi connectivity index (χ1n) is 9.22. The summed E-state index contributed by atoms with van der Waals surface area (Å²) in [5.74, 6) is -0.496. The lowest BCUT2D eigenvalue weighted by Gasteiger charge is -2.11. The summed E-state index contributed by atoms with van der Waals surface area (Å²) < 4.78 is 1.69. The van der Waals surface area contributed by atoms with Crippen LogP contribution in [-0.4, -0.2) is 47.1 Å². The van der Waals surface area contributed by atoms with Gasteiger partial charge in [-0.3, -0.25) is 9.59 Å². The molecule has 1 N–H and O–H groups in total. The molecule has 2 amide bonds. The monoisotopic (exact) mass is 376 g/mol. The fourth-order valence-corrected chi connectivity index (χ4v) is 2.77. The highest BCUT2D eigenvalue weighted by Crippen LogP contribution is 2.24. The van der Waals surface area contributed by atoms with Crippen LogP contribution in [0.1, 0.15) is 22.8 Å². The first-order valence-corrected chi connectivity index (χ1v) is 9.22. The molecule has 1 heterocycles. The zero-order valence-corrected chi connectivity index (χ0v) is 16.3. The lowest BCUT2D eigenvalue weighted by molar-refractivity contribution is -0.127. The predicted molar refractivity (Wildman–Crippen MR) is 109 cm³/mol. The number of hydrogen-bond acceptors (Lipinski definition) is 3. The van der Waals surface area contributed by atoms with Crippen LogP contribution in [0.5, 0.6) is 0 Å². The van der Waals surface area contributed by atoms with E-state index >= 15 is 0 Å². The largest absolute Gasteiger partial charge is 0.347 e. The molecule has 2 aromatic carbocycles. The molecule has 0 saturated heterocycles. The molecule has 28 heavy (non-hydrogen) atoms. The van der Waals surface area contributed by atoms with Crippen molar-refractivity contribution in [3.8, 4) is 16.9 Å². The smallest absolute Gasteiger partial charge is 0.255 e. The van der Waals surface area contributed by atoms with Crippen LogP contribution < -0.4 is 5.32 Å². The number of rotatable bonds is 6. The zero-order valence-electron chi connectivity index (χ0n) is 16.3. The van der Waals surface area contributed by atoms with E-state index in [9.17, 15) is 9.59 Å². The van der Waals surface area contributed by atoms with Gasteiger partial charge in [0.2, 0.25) is 5.91 Å². The van der Waals surface area contributed by atoms with E-state index in [0.29, 0.717) is 11.3 Å². The third kappa shape index (κ3) is 4.28. The minimum Gasteiger partial charge on any atom is -0.347 e. The highest BCUT2D eigenvalue weighted by Gasteiger charge is 2.19. The number of amides is 2. The summed E-state index contributed by atoms with van der Waals surface area (Å²) in [6, 6.07) is 17.6. The van der Waals surface area contributed by atoms with Crippen molar-refractivity contribution in [3.05, 3.63) is 71.9 Å². The molecule has 0 aliphatic heterocycles. The van der Waals surface area contributed by atoms with E-state index in [2.05, 4.69) is 17.3 Å². The van der Waals surface area contributed by atoms with E-state index in [4.69, 9.17) is 0 Å². The van der Waals surface area contributed by atoms with Gasteiger partial charge in [-0.25, -0.2) is 4.68 Å². The maximum absolute atomic E-state index is 12.8. The standard InChI is InChI=1S/C22H24N4O2/c1-4-16-10-12-17(13-11-16)21-19(22(28)23-14-20(27)25(2)3)15-26(24-21)18-8-6-5-7-9-18/h5-13,15H,4,14H2,1-3H3,(H,23,28). The highest BCUT2D eigenvalue weighted by atomic mass is 16.2. The Hall–Kier alpha value is -3.41. The molecule has 0 saturated carbocycles. The minimum absolute atomic E-state index is 0.0590. The van der Waals surface area contributed by atoms with Gasteiger partial charge >= 0.3 is 0 Å². The topological polar surface area (TPSA) is 67.2 Å². The van der Waals surface area contributed by atoms with Gasteiger partial charge in [-0.2, -0.15) is 5.10 Å². The van der Waals surface area contributed by atoms with Crippen LogP contribution in [0.4, 0.5) is 0 Å². The molecule has 6 nitrogen and oxygen atoms in total. The molecule has 3 aromatic rings. The van der Waals surface area contributed by atoms with Gasteiger partial charge < -0.3 is 10.2 Å². The minimum atomic E-state index is -0.327. The van der Waals surface area contributed by atoms with Crippen molar-refractivity contribution < 1.29 is 9.59 Å². The van der Waals surface area contributed by atoms with Gasteiger partial charge in [0.25, 0.3) is 5.91 Å². The second-order valence-electron chi connectivity index (χ2n) is 6.69. The molecule has 3 rings (SSSR count). The molecule has 0 aliphatic rings. The Morgan fingerprint density at radius 2 is 1.71 bits per heavy atom. The molecular weight excluding hydrogens is 352 g/mol. The van der Waals surface area contributed by atoms with E-state index in [-0.39, 0.29) is 18.4 Å². The quantitative estimate of drug-likeness (QED) is 0.719. The Labute approximate surface area is 164 Å². The molecule has 6 heteroatoms. The molecule has 0 radical (unpaired) electrons. The molecule has 0 bridgehead atoms. The summed E-state index contributed by atoms with van der Waals surface area (Å²) in [4.78, 5) is 26.1. The van der Waals surface area contributed by atoms with Crippen molar-refractivity contribution >= 4 is 11.8 Å². The first-order chi connectivity index (χ1) is 13.5. The summed E-state index contributed by atoms with van der Waals surface area (Å²) in [6.07, 6.45) is 2.65. The van der Waals surface area contributed by atoms with E-state index in [0.717, 1.165) is 17.7 Å². The Kier molecular flexibility index (Phi) is 5.89. The summed E-state index contributed by atoms with van der Waals surface area (Å²) in [5.41, 5.74) is 3.95. The summed E-state index contributed by atoms with van der Waals surface area (Å²) in [5, 5.41) is 7.34. The maximum atomic E-state index is 12.8. The van der Waals surface area contributed by atoms with Gasteiger partial charge in [0.1, 0.15) is 5.69 Å². The Balaban J connectivity index is 1.97. The van der Waals surface area contributed by atoms with Gasteiger partial charge in [-0.1, -0.05) is 49.4 Å². The van der Waals surface area contributed by atoms with Crippen molar-refractivity contribution in [2.24, 2.45) is 0 Å². The Morgan fingerprint density at radius 3 is 2.32 bits per heavy atom. The SMILES string of the molecule is CCc1ccc(-c2nn(-c3ccccc3)cc2C(=O)NCC(=O)N(C)C)cc1. The van der Waals surface area contributed by atoms with Gasteiger partial charge in [0.15, 0.2) is 0 Å². The third-order valence-electron chi connectivity index (χ3n) is 4.51. The number of para-hydroxylation sites is 1. The number of nitrogens with zero attached hydrogens (tertiary/aromatic N) is 3. The number of hydrogen-bond donors (Lipinski definition) is 1.